The molecular weight excluding hydrogens is 260 g/mol. The van der Waals surface area contributed by atoms with E-state index in [1.165, 1.54) is 5.56 Å². The highest BCUT2D eigenvalue weighted by Crippen LogP contribution is 2.17. The first-order valence-electron chi connectivity index (χ1n) is 5.78. The first kappa shape index (κ1) is 13.2. The predicted octanol–water partition coefficient (Wildman–Crippen LogP) is 4.33. The fraction of sp³-hybridized carbons (Fsp3) is 0. The third-order valence-electron chi connectivity index (χ3n) is 2.41. The molecule has 0 saturated heterocycles. The quantitative estimate of drug-likeness (QED) is 0.838. The molecule has 1 aliphatic heterocycles. The van der Waals surface area contributed by atoms with Gasteiger partial charge in [0.15, 0.2) is 0 Å². The number of hydrogen-bond acceptors (Lipinski definition) is 3. The van der Waals surface area contributed by atoms with E-state index in [9.17, 15) is 0 Å². The first-order chi connectivity index (χ1) is 9.40. The predicted molar refractivity (Wildman–Crippen MR) is 80.5 cm³/mol. The van der Waals surface area contributed by atoms with Crippen LogP contribution in [0.4, 0.5) is 5.69 Å². The van der Waals surface area contributed by atoms with E-state index in [-0.39, 0.29) is 0 Å². The highest BCUT2D eigenvalue weighted by Gasteiger charge is 1.96. The van der Waals surface area contributed by atoms with Gasteiger partial charge in [-0.3, -0.25) is 5.43 Å². The zero-order valence-electron chi connectivity index (χ0n) is 10.2. The summed E-state index contributed by atoms with van der Waals surface area (Å²) in [5.74, 6) is 0.675. The summed E-state index contributed by atoms with van der Waals surface area (Å²) in [5.41, 5.74) is 5.16. The van der Waals surface area contributed by atoms with Gasteiger partial charge in [0.2, 0.25) is 0 Å². The number of anilines is 1. The number of allylic oxidation sites excluding steroid dienone is 1. The van der Waals surface area contributed by atoms with E-state index in [4.69, 9.17) is 11.9 Å². The third-order valence-corrected chi connectivity index (χ3v) is 2.59. The lowest BCUT2D eigenvalue weighted by Gasteiger charge is -2.00. The van der Waals surface area contributed by atoms with Crippen molar-refractivity contribution in [3.8, 4) is 5.75 Å². The minimum Gasteiger partial charge on any atom is -0.386 e. The van der Waals surface area contributed by atoms with Crippen LogP contribution in [0.25, 0.3) is 6.08 Å². The zero-order valence-corrected chi connectivity index (χ0v) is 10.9. The van der Waals surface area contributed by atoms with Crippen LogP contribution in [-0.2, 0) is 0 Å². The van der Waals surface area contributed by atoms with Crippen LogP contribution in [0.3, 0.4) is 0 Å². The Labute approximate surface area is 117 Å². The Bertz CT molecular complexity index is 567. The van der Waals surface area contributed by atoms with Crippen LogP contribution in [0, 0.1) is 0 Å². The summed E-state index contributed by atoms with van der Waals surface area (Å²) in [6.45, 7) is 0. The number of benzene rings is 2. The molecule has 1 aliphatic rings. The fourth-order valence-corrected chi connectivity index (χ4v) is 1.62. The second kappa shape index (κ2) is 7.24. The standard InChI is InChI=1S/C9H8N2.C6H5ClO/c1-2-6-9-8(4-1)5-3-7-10-11-9;7-8-6-4-2-1-3-5-6/h1-7,11H;1-5H. The molecule has 19 heavy (non-hydrogen) atoms. The van der Waals surface area contributed by atoms with Crippen LogP contribution in [-0.4, -0.2) is 6.21 Å². The van der Waals surface area contributed by atoms with Crippen molar-refractivity contribution in [3.63, 3.8) is 0 Å². The van der Waals surface area contributed by atoms with Crippen LogP contribution in [0.1, 0.15) is 5.56 Å². The first-order valence-corrected chi connectivity index (χ1v) is 6.09. The van der Waals surface area contributed by atoms with Gasteiger partial charge in [-0.05, 0) is 29.8 Å². The molecule has 0 unspecified atom stereocenters. The normalized spacial score (nSPS) is 11.4. The van der Waals surface area contributed by atoms with Gasteiger partial charge < -0.3 is 4.29 Å². The fourth-order valence-electron chi connectivity index (χ4n) is 1.51. The lowest BCUT2D eigenvalue weighted by Crippen LogP contribution is -1.87. The van der Waals surface area contributed by atoms with Gasteiger partial charge >= 0.3 is 0 Å². The molecule has 0 saturated carbocycles. The maximum atomic E-state index is 5.03. The van der Waals surface area contributed by atoms with Gasteiger partial charge in [-0.15, -0.1) is 0 Å². The smallest absolute Gasteiger partial charge is 0.146 e. The highest BCUT2D eigenvalue weighted by atomic mass is 35.5. The number of halogens is 1. The Morgan fingerprint density at radius 3 is 2.42 bits per heavy atom. The van der Waals surface area contributed by atoms with Gasteiger partial charge in [0.1, 0.15) is 17.6 Å². The van der Waals surface area contributed by atoms with Crippen molar-refractivity contribution in [3.05, 3.63) is 66.2 Å². The number of para-hydroxylation sites is 2. The largest absolute Gasteiger partial charge is 0.386 e. The topological polar surface area (TPSA) is 33.6 Å². The molecule has 2 aromatic carbocycles. The summed E-state index contributed by atoms with van der Waals surface area (Å²) in [7, 11) is 0. The van der Waals surface area contributed by atoms with E-state index in [1.807, 2.05) is 54.6 Å². The Kier molecular flexibility index (Phi) is 5.02. The molecule has 0 fully saturated rings. The van der Waals surface area contributed by atoms with Crippen molar-refractivity contribution in [2.45, 2.75) is 0 Å². The zero-order chi connectivity index (χ0) is 13.3. The molecule has 96 valence electrons. The summed E-state index contributed by atoms with van der Waals surface area (Å²) in [4.78, 5) is 0. The van der Waals surface area contributed by atoms with Crippen molar-refractivity contribution in [1.82, 2.24) is 0 Å². The Morgan fingerprint density at radius 1 is 0.947 bits per heavy atom. The van der Waals surface area contributed by atoms with E-state index in [0.717, 1.165) is 5.69 Å². The van der Waals surface area contributed by atoms with E-state index < -0.39 is 0 Å². The SMILES string of the molecule is C1=Cc2ccccc2NN=C1.ClOc1ccccc1. The van der Waals surface area contributed by atoms with Crippen molar-refractivity contribution in [2.24, 2.45) is 5.10 Å². The molecule has 1 heterocycles. The van der Waals surface area contributed by atoms with Gasteiger partial charge in [-0.25, -0.2) is 0 Å². The van der Waals surface area contributed by atoms with Gasteiger partial charge in [-0.1, -0.05) is 42.5 Å². The van der Waals surface area contributed by atoms with E-state index >= 15 is 0 Å². The van der Waals surface area contributed by atoms with Crippen LogP contribution >= 0.6 is 11.9 Å². The number of nitrogens with one attached hydrogen (secondary N) is 1. The monoisotopic (exact) mass is 272 g/mol. The summed E-state index contributed by atoms with van der Waals surface area (Å²) in [6, 6.07) is 17.2. The molecule has 1 N–H and O–H groups in total. The number of hydrogen-bond donors (Lipinski definition) is 1. The molecule has 0 aromatic heterocycles. The molecule has 0 bridgehead atoms. The summed E-state index contributed by atoms with van der Waals surface area (Å²) >= 11 is 5.03. The average molecular weight is 273 g/mol. The third kappa shape index (κ3) is 4.16. The Balaban J connectivity index is 0.000000148. The maximum Gasteiger partial charge on any atom is 0.146 e. The minimum atomic E-state index is 0.675. The van der Waals surface area contributed by atoms with Crippen LogP contribution in [0.15, 0.2) is 65.8 Å². The number of rotatable bonds is 1. The lowest BCUT2D eigenvalue weighted by atomic mass is 10.2. The molecule has 2 aromatic rings. The highest BCUT2D eigenvalue weighted by molar-refractivity contribution is 6.09. The summed E-state index contributed by atoms with van der Waals surface area (Å²) in [5, 5.41) is 3.95. The van der Waals surface area contributed by atoms with Crippen molar-refractivity contribution >= 4 is 29.8 Å². The van der Waals surface area contributed by atoms with Gasteiger partial charge in [0.25, 0.3) is 0 Å². The molecule has 0 aliphatic carbocycles. The molecule has 0 spiro atoms. The van der Waals surface area contributed by atoms with Crippen molar-refractivity contribution < 1.29 is 4.29 Å². The number of hydrazone groups is 1. The molecule has 4 heteroatoms. The van der Waals surface area contributed by atoms with E-state index in [2.05, 4.69) is 14.8 Å². The number of fused-ring (bicyclic) bond motifs is 1. The van der Waals surface area contributed by atoms with Gasteiger partial charge in [-0.2, -0.15) is 5.10 Å². The van der Waals surface area contributed by atoms with Gasteiger partial charge in [0.05, 0.1) is 5.69 Å². The van der Waals surface area contributed by atoms with Crippen LogP contribution in [0.5, 0.6) is 5.75 Å². The minimum absolute atomic E-state index is 0.675. The molecular formula is C15H13ClN2O. The Hall–Kier alpha value is -2.26. The Morgan fingerprint density at radius 2 is 1.68 bits per heavy atom. The number of nitrogens with zero attached hydrogens (tertiary/aromatic N) is 1. The lowest BCUT2D eigenvalue weighted by molar-refractivity contribution is 0.619. The second-order valence-electron chi connectivity index (χ2n) is 3.73. The maximum absolute atomic E-state index is 5.03. The molecule has 0 atom stereocenters. The molecule has 3 nitrogen and oxygen atoms in total. The van der Waals surface area contributed by atoms with E-state index in [0.29, 0.717) is 5.75 Å². The summed E-state index contributed by atoms with van der Waals surface area (Å²) in [6.07, 6.45) is 5.68. The van der Waals surface area contributed by atoms with Gasteiger partial charge in [0, 0.05) is 6.21 Å². The molecule has 3 rings (SSSR count). The van der Waals surface area contributed by atoms with Crippen LogP contribution in [0.2, 0.25) is 0 Å². The molecule has 0 amide bonds. The second-order valence-corrected chi connectivity index (χ2v) is 3.88. The van der Waals surface area contributed by atoms with E-state index in [1.54, 1.807) is 18.3 Å². The summed E-state index contributed by atoms with van der Waals surface area (Å²) < 4.78 is 4.39. The van der Waals surface area contributed by atoms with Crippen molar-refractivity contribution in [1.29, 1.82) is 0 Å². The van der Waals surface area contributed by atoms with Crippen molar-refractivity contribution in [2.75, 3.05) is 5.43 Å². The van der Waals surface area contributed by atoms with Crippen LogP contribution < -0.4 is 9.72 Å². The molecule has 0 radical (unpaired) electrons. The average Bonchev–Trinajstić information content (AvgIpc) is 2.74.